The van der Waals surface area contributed by atoms with Crippen LogP contribution in [0.3, 0.4) is 0 Å². The summed E-state index contributed by atoms with van der Waals surface area (Å²) < 4.78 is 0. The zero-order chi connectivity index (χ0) is 8.91. The molecule has 0 bridgehead atoms. The SMILES string of the molecule is CC(C)CCNCC(C)(C)C. The minimum atomic E-state index is 0.428. The highest BCUT2D eigenvalue weighted by molar-refractivity contribution is 4.64. The summed E-state index contributed by atoms with van der Waals surface area (Å²) in [5.41, 5.74) is 0.428. The van der Waals surface area contributed by atoms with E-state index in [1.54, 1.807) is 0 Å². The highest BCUT2D eigenvalue weighted by atomic mass is 14.9. The van der Waals surface area contributed by atoms with Crippen LogP contribution in [0.25, 0.3) is 0 Å². The van der Waals surface area contributed by atoms with Crippen molar-refractivity contribution in [3.63, 3.8) is 0 Å². The van der Waals surface area contributed by atoms with Crippen molar-refractivity contribution in [1.82, 2.24) is 5.32 Å². The van der Waals surface area contributed by atoms with Crippen LogP contribution in [0.5, 0.6) is 0 Å². The molecule has 0 unspecified atom stereocenters. The summed E-state index contributed by atoms with van der Waals surface area (Å²) in [6.07, 6.45) is 1.29. The Morgan fingerprint density at radius 2 is 1.73 bits per heavy atom. The monoisotopic (exact) mass is 157 g/mol. The lowest BCUT2D eigenvalue weighted by molar-refractivity contribution is 0.372. The molecule has 0 aromatic carbocycles. The molecule has 68 valence electrons. The quantitative estimate of drug-likeness (QED) is 0.619. The van der Waals surface area contributed by atoms with E-state index in [0.29, 0.717) is 5.41 Å². The zero-order valence-electron chi connectivity index (χ0n) is 8.70. The van der Waals surface area contributed by atoms with E-state index in [9.17, 15) is 0 Å². The molecular formula is C10H23N. The first-order valence-electron chi connectivity index (χ1n) is 4.62. The van der Waals surface area contributed by atoms with Gasteiger partial charge in [0.05, 0.1) is 0 Å². The molecule has 0 radical (unpaired) electrons. The van der Waals surface area contributed by atoms with E-state index in [1.165, 1.54) is 6.42 Å². The molecule has 1 heteroatoms. The van der Waals surface area contributed by atoms with Crippen molar-refractivity contribution in [2.24, 2.45) is 11.3 Å². The third-order valence-electron chi connectivity index (χ3n) is 1.55. The smallest absolute Gasteiger partial charge is 0.0000124 e. The summed E-state index contributed by atoms with van der Waals surface area (Å²) >= 11 is 0. The Bertz CT molecular complexity index is 89.5. The van der Waals surface area contributed by atoms with Gasteiger partial charge in [0.1, 0.15) is 0 Å². The fraction of sp³-hybridized carbons (Fsp3) is 1.00. The predicted octanol–water partition coefficient (Wildman–Crippen LogP) is 2.67. The molecule has 0 aromatic heterocycles. The Labute approximate surface area is 71.6 Å². The molecule has 0 saturated carbocycles. The van der Waals surface area contributed by atoms with Gasteiger partial charge in [0.15, 0.2) is 0 Å². The van der Waals surface area contributed by atoms with Crippen molar-refractivity contribution in [2.75, 3.05) is 13.1 Å². The predicted molar refractivity (Wildman–Crippen MR) is 51.8 cm³/mol. The van der Waals surface area contributed by atoms with Crippen molar-refractivity contribution >= 4 is 0 Å². The van der Waals surface area contributed by atoms with Gasteiger partial charge in [-0.1, -0.05) is 34.6 Å². The highest BCUT2D eigenvalue weighted by Crippen LogP contribution is 2.10. The largest absolute Gasteiger partial charge is 0.316 e. The lowest BCUT2D eigenvalue weighted by Gasteiger charge is -2.19. The Morgan fingerprint density at radius 1 is 1.18 bits per heavy atom. The van der Waals surface area contributed by atoms with Crippen LogP contribution in [0.1, 0.15) is 41.0 Å². The van der Waals surface area contributed by atoms with Gasteiger partial charge in [-0.3, -0.25) is 0 Å². The second-order valence-corrected chi connectivity index (χ2v) is 4.92. The minimum absolute atomic E-state index is 0.428. The van der Waals surface area contributed by atoms with Gasteiger partial charge in [-0.2, -0.15) is 0 Å². The summed E-state index contributed by atoms with van der Waals surface area (Å²) in [5.74, 6) is 0.822. The van der Waals surface area contributed by atoms with Gasteiger partial charge in [0.2, 0.25) is 0 Å². The van der Waals surface area contributed by atoms with Gasteiger partial charge >= 0.3 is 0 Å². The van der Waals surface area contributed by atoms with E-state index >= 15 is 0 Å². The molecule has 0 saturated heterocycles. The average Bonchev–Trinajstić information content (AvgIpc) is 1.78. The molecule has 0 fully saturated rings. The summed E-state index contributed by atoms with van der Waals surface area (Å²) in [6.45, 7) is 13.6. The number of rotatable bonds is 4. The van der Waals surface area contributed by atoms with Crippen LogP contribution < -0.4 is 5.32 Å². The van der Waals surface area contributed by atoms with E-state index in [2.05, 4.69) is 39.9 Å². The Hall–Kier alpha value is -0.0400. The summed E-state index contributed by atoms with van der Waals surface area (Å²) in [6, 6.07) is 0. The third kappa shape index (κ3) is 9.96. The summed E-state index contributed by atoms with van der Waals surface area (Å²) in [7, 11) is 0. The summed E-state index contributed by atoms with van der Waals surface area (Å²) in [4.78, 5) is 0. The van der Waals surface area contributed by atoms with Gasteiger partial charge in [-0.25, -0.2) is 0 Å². The van der Waals surface area contributed by atoms with E-state index in [4.69, 9.17) is 0 Å². The van der Waals surface area contributed by atoms with E-state index < -0.39 is 0 Å². The lowest BCUT2D eigenvalue weighted by Crippen LogP contribution is -2.28. The van der Waals surface area contributed by atoms with Crippen LogP contribution in [0.2, 0.25) is 0 Å². The van der Waals surface area contributed by atoms with E-state index in [1.807, 2.05) is 0 Å². The van der Waals surface area contributed by atoms with Crippen LogP contribution in [-0.2, 0) is 0 Å². The second-order valence-electron chi connectivity index (χ2n) is 4.92. The van der Waals surface area contributed by atoms with Crippen LogP contribution in [0, 0.1) is 11.3 Å². The summed E-state index contributed by atoms with van der Waals surface area (Å²) in [5, 5.41) is 3.46. The first kappa shape index (κ1) is 11.0. The molecule has 0 rings (SSSR count). The normalized spacial score (nSPS) is 12.5. The lowest BCUT2D eigenvalue weighted by atomic mass is 9.97. The van der Waals surface area contributed by atoms with Crippen LogP contribution in [-0.4, -0.2) is 13.1 Å². The van der Waals surface area contributed by atoms with Gasteiger partial charge in [-0.15, -0.1) is 0 Å². The zero-order valence-corrected chi connectivity index (χ0v) is 8.70. The van der Waals surface area contributed by atoms with E-state index in [-0.39, 0.29) is 0 Å². The maximum atomic E-state index is 3.46. The first-order chi connectivity index (χ1) is 4.92. The molecule has 0 atom stereocenters. The molecule has 11 heavy (non-hydrogen) atoms. The molecule has 0 aliphatic rings. The Kier molecular flexibility index (Phi) is 4.74. The number of nitrogens with one attached hydrogen (secondary N) is 1. The van der Waals surface area contributed by atoms with Crippen molar-refractivity contribution in [1.29, 1.82) is 0 Å². The molecule has 1 N–H and O–H groups in total. The number of hydrogen-bond donors (Lipinski definition) is 1. The van der Waals surface area contributed by atoms with Gasteiger partial charge in [0.25, 0.3) is 0 Å². The van der Waals surface area contributed by atoms with Gasteiger partial charge < -0.3 is 5.32 Å². The third-order valence-corrected chi connectivity index (χ3v) is 1.55. The average molecular weight is 157 g/mol. The molecule has 0 aliphatic heterocycles. The molecule has 1 nitrogen and oxygen atoms in total. The number of hydrogen-bond acceptors (Lipinski definition) is 1. The standard InChI is InChI=1S/C10H23N/c1-9(2)6-7-11-8-10(3,4)5/h9,11H,6-8H2,1-5H3. The van der Waals surface area contributed by atoms with Crippen LogP contribution in [0.15, 0.2) is 0 Å². The topological polar surface area (TPSA) is 12.0 Å². The first-order valence-corrected chi connectivity index (χ1v) is 4.62. The van der Waals surface area contributed by atoms with Crippen LogP contribution in [0.4, 0.5) is 0 Å². The molecule has 0 amide bonds. The minimum Gasteiger partial charge on any atom is -0.316 e. The van der Waals surface area contributed by atoms with Crippen molar-refractivity contribution < 1.29 is 0 Å². The second kappa shape index (κ2) is 4.76. The maximum absolute atomic E-state index is 3.46. The molecule has 0 spiro atoms. The van der Waals surface area contributed by atoms with E-state index in [0.717, 1.165) is 19.0 Å². The fourth-order valence-corrected chi connectivity index (χ4v) is 0.854. The maximum Gasteiger partial charge on any atom is -0.0000124 e. The van der Waals surface area contributed by atoms with Gasteiger partial charge in [-0.05, 0) is 30.8 Å². The van der Waals surface area contributed by atoms with Crippen molar-refractivity contribution in [2.45, 2.75) is 41.0 Å². The molecule has 0 aliphatic carbocycles. The van der Waals surface area contributed by atoms with Crippen molar-refractivity contribution in [3.8, 4) is 0 Å². The van der Waals surface area contributed by atoms with Gasteiger partial charge in [0, 0.05) is 0 Å². The molecule has 0 aromatic rings. The Morgan fingerprint density at radius 3 is 2.09 bits per heavy atom. The van der Waals surface area contributed by atoms with Crippen molar-refractivity contribution in [3.05, 3.63) is 0 Å². The molecule has 0 heterocycles. The molecular weight excluding hydrogens is 134 g/mol. The highest BCUT2D eigenvalue weighted by Gasteiger charge is 2.08. The Balaban J connectivity index is 3.15. The van der Waals surface area contributed by atoms with Crippen LogP contribution >= 0.6 is 0 Å². The fourth-order valence-electron chi connectivity index (χ4n) is 0.854.